The number of nitrogens with zero attached hydrogens (tertiary/aromatic N) is 1. The number of hydrogen-bond acceptors (Lipinski definition) is 3. The maximum atomic E-state index is 5.89. The van der Waals surface area contributed by atoms with Crippen molar-refractivity contribution < 1.29 is 0 Å². The molecule has 3 heteroatoms. The van der Waals surface area contributed by atoms with Gasteiger partial charge in [-0.2, -0.15) is 0 Å². The van der Waals surface area contributed by atoms with E-state index in [1.807, 2.05) is 0 Å². The normalized spacial score (nSPS) is 17.1. The second kappa shape index (κ2) is 6.32. The number of hydrogen-bond donors (Lipinski definition) is 2. The molecule has 2 rings (SSSR count). The summed E-state index contributed by atoms with van der Waals surface area (Å²) in [5.41, 5.74) is 8.71. The minimum atomic E-state index is 0.281. The summed E-state index contributed by atoms with van der Waals surface area (Å²) in [4.78, 5) is 2.18. The molecule has 1 aliphatic carbocycles. The maximum Gasteiger partial charge on any atom is 0.0445 e. The summed E-state index contributed by atoms with van der Waals surface area (Å²) in [6.07, 6.45) is 2.70. The average Bonchev–Trinajstić information content (AvgIpc) is 3.19. The van der Waals surface area contributed by atoms with E-state index >= 15 is 0 Å². The summed E-state index contributed by atoms with van der Waals surface area (Å²) in [5, 5.41) is 3.54. The quantitative estimate of drug-likeness (QED) is 0.771. The first-order valence-electron chi connectivity index (χ1n) is 6.88. The molecule has 0 aliphatic heterocycles. The molecule has 1 unspecified atom stereocenters. The van der Waals surface area contributed by atoms with Crippen LogP contribution in [0.5, 0.6) is 0 Å². The van der Waals surface area contributed by atoms with Gasteiger partial charge in [-0.15, -0.1) is 0 Å². The van der Waals surface area contributed by atoms with E-state index < -0.39 is 0 Å². The fourth-order valence-electron chi connectivity index (χ4n) is 2.25. The SMILES string of the molecule is CN(C)CCNC(CN)c1cccc(C2CC2)c1. The average molecular weight is 247 g/mol. The van der Waals surface area contributed by atoms with Crippen molar-refractivity contribution in [2.75, 3.05) is 33.7 Å². The Kier molecular flexibility index (Phi) is 4.75. The van der Waals surface area contributed by atoms with Crippen molar-refractivity contribution in [2.24, 2.45) is 5.73 Å². The van der Waals surface area contributed by atoms with E-state index in [2.05, 4.69) is 48.6 Å². The van der Waals surface area contributed by atoms with Gasteiger partial charge in [-0.05, 0) is 44.0 Å². The van der Waals surface area contributed by atoms with E-state index in [0.29, 0.717) is 6.54 Å². The number of benzene rings is 1. The zero-order valence-corrected chi connectivity index (χ0v) is 11.5. The van der Waals surface area contributed by atoms with Crippen LogP contribution in [0.1, 0.15) is 35.9 Å². The Morgan fingerprint density at radius 2 is 2.17 bits per heavy atom. The lowest BCUT2D eigenvalue weighted by Crippen LogP contribution is -2.33. The molecule has 0 bridgehead atoms. The third kappa shape index (κ3) is 3.80. The fraction of sp³-hybridized carbons (Fsp3) is 0.600. The van der Waals surface area contributed by atoms with Crippen LogP contribution < -0.4 is 11.1 Å². The molecule has 18 heavy (non-hydrogen) atoms. The highest BCUT2D eigenvalue weighted by atomic mass is 15.1. The molecule has 1 fully saturated rings. The van der Waals surface area contributed by atoms with Gasteiger partial charge in [0.25, 0.3) is 0 Å². The first-order valence-corrected chi connectivity index (χ1v) is 6.88. The van der Waals surface area contributed by atoms with Gasteiger partial charge in [-0.3, -0.25) is 0 Å². The van der Waals surface area contributed by atoms with Crippen LogP contribution in [0.4, 0.5) is 0 Å². The zero-order chi connectivity index (χ0) is 13.0. The lowest BCUT2D eigenvalue weighted by molar-refractivity contribution is 0.385. The van der Waals surface area contributed by atoms with E-state index in [1.165, 1.54) is 24.0 Å². The number of nitrogens with two attached hydrogens (primary N) is 1. The van der Waals surface area contributed by atoms with Gasteiger partial charge in [-0.1, -0.05) is 24.3 Å². The van der Waals surface area contributed by atoms with Crippen LogP contribution in [-0.2, 0) is 0 Å². The molecular formula is C15H25N3. The third-order valence-corrected chi connectivity index (χ3v) is 3.55. The van der Waals surface area contributed by atoms with Crippen molar-refractivity contribution in [3.63, 3.8) is 0 Å². The lowest BCUT2D eigenvalue weighted by Gasteiger charge is -2.19. The summed E-state index contributed by atoms with van der Waals surface area (Å²) < 4.78 is 0. The van der Waals surface area contributed by atoms with E-state index in [4.69, 9.17) is 5.73 Å². The van der Waals surface area contributed by atoms with E-state index in [9.17, 15) is 0 Å². The van der Waals surface area contributed by atoms with Gasteiger partial charge >= 0.3 is 0 Å². The summed E-state index contributed by atoms with van der Waals surface area (Å²) >= 11 is 0. The van der Waals surface area contributed by atoms with Crippen LogP contribution in [0.15, 0.2) is 24.3 Å². The molecule has 3 N–H and O–H groups in total. The topological polar surface area (TPSA) is 41.3 Å². The van der Waals surface area contributed by atoms with Crippen LogP contribution in [0.25, 0.3) is 0 Å². The Labute approximate surface area is 110 Å². The van der Waals surface area contributed by atoms with Crippen molar-refractivity contribution in [3.8, 4) is 0 Å². The summed E-state index contributed by atoms with van der Waals surface area (Å²) in [6, 6.07) is 9.21. The molecule has 1 saturated carbocycles. The highest BCUT2D eigenvalue weighted by Crippen LogP contribution is 2.40. The van der Waals surface area contributed by atoms with Gasteiger partial charge in [0.1, 0.15) is 0 Å². The molecule has 0 radical (unpaired) electrons. The summed E-state index contributed by atoms with van der Waals surface area (Å²) in [5.74, 6) is 0.810. The van der Waals surface area contributed by atoms with Crippen LogP contribution in [0.2, 0.25) is 0 Å². The monoisotopic (exact) mass is 247 g/mol. The molecule has 1 atom stereocenters. The second-order valence-electron chi connectivity index (χ2n) is 5.49. The highest BCUT2D eigenvalue weighted by Gasteiger charge is 2.23. The number of likely N-dealkylation sites (N-methyl/N-ethyl adjacent to an activating group) is 1. The molecule has 0 saturated heterocycles. The Morgan fingerprint density at radius 3 is 2.78 bits per heavy atom. The summed E-state index contributed by atoms with van der Waals surface area (Å²) in [7, 11) is 4.18. The Bertz CT molecular complexity index is 372. The molecule has 0 amide bonds. The molecule has 1 aliphatic rings. The smallest absolute Gasteiger partial charge is 0.0445 e. The van der Waals surface area contributed by atoms with E-state index in [-0.39, 0.29) is 6.04 Å². The predicted molar refractivity (Wildman–Crippen MR) is 76.8 cm³/mol. The van der Waals surface area contributed by atoms with Crippen LogP contribution in [0.3, 0.4) is 0 Å². The van der Waals surface area contributed by atoms with Crippen molar-refractivity contribution >= 4 is 0 Å². The second-order valence-corrected chi connectivity index (χ2v) is 5.49. The van der Waals surface area contributed by atoms with Gasteiger partial charge in [0, 0.05) is 25.7 Å². The first kappa shape index (κ1) is 13.5. The van der Waals surface area contributed by atoms with Crippen molar-refractivity contribution in [2.45, 2.75) is 24.8 Å². The van der Waals surface area contributed by atoms with Crippen molar-refractivity contribution in [1.82, 2.24) is 10.2 Å². The molecule has 0 heterocycles. The Morgan fingerprint density at radius 1 is 1.39 bits per heavy atom. The van der Waals surface area contributed by atoms with Gasteiger partial charge < -0.3 is 16.0 Å². The van der Waals surface area contributed by atoms with Crippen molar-refractivity contribution in [1.29, 1.82) is 0 Å². The molecule has 0 aromatic heterocycles. The third-order valence-electron chi connectivity index (χ3n) is 3.55. The predicted octanol–water partition coefficient (Wildman–Crippen LogP) is 1.72. The Hall–Kier alpha value is -0.900. The molecule has 1 aromatic carbocycles. The number of nitrogens with one attached hydrogen (secondary N) is 1. The molecule has 1 aromatic rings. The van der Waals surface area contributed by atoms with E-state index in [0.717, 1.165) is 19.0 Å². The number of rotatable bonds is 7. The minimum Gasteiger partial charge on any atom is -0.329 e. The zero-order valence-electron chi connectivity index (χ0n) is 11.5. The first-order chi connectivity index (χ1) is 8.70. The van der Waals surface area contributed by atoms with Crippen LogP contribution in [-0.4, -0.2) is 38.6 Å². The lowest BCUT2D eigenvalue weighted by atomic mass is 10.0. The largest absolute Gasteiger partial charge is 0.329 e. The fourth-order valence-corrected chi connectivity index (χ4v) is 2.25. The van der Waals surface area contributed by atoms with Gasteiger partial charge in [-0.25, -0.2) is 0 Å². The van der Waals surface area contributed by atoms with Gasteiger partial charge in [0.15, 0.2) is 0 Å². The Balaban J connectivity index is 1.95. The van der Waals surface area contributed by atoms with E-state index in [1.54, 1.807) is 0 Å². The maximum absolute atomic E-state index is 5.89. The highest BCUT2D eigenvalue weighted by molar-refractivity contribution is 5.31. The molecule has 100 valence electrons. The molecule has 0 spiro atoms. The van der Waals surface area contributed by atoms with Gasteiger partial charge in [0.05, 0.1) is 0 Å². The molecular weight excluding hydrogens is 222 g/mol. The van der Waals surface area contributed by atoms with Crippen LogP contribution >= 0.6 is 0 Å². The molecule has 3 nitrogen and oxygen atoms in total. The minimum absolute atomic E-state index is 0.281. The standard InChI is InChI=1S/C15H25N3/c1-18(2)9-8-17-15(11-16)14-5-3-4-13(10-14)12-6-7-12/h3-5,10,12,15,17H,6-9,11,16H2,1-2H3. The van der Waals surface area contributed by atoms with Crippen LogP contribution in [0, 0.1) is 0 Å². The summed E-state index contributed by atoms with van der Waals surface area (Å²) in [6.45, 7) is 2.67. The van der Waals surface area contributed by atoms with Gasteiger partial charge in [0.2, 0.25) is 0 Å². The van der Waals surface area contributed by atoms with Crippen molar-refractivity contribution in [3.05, 3.63) is 35.4 Å².